The predicted octanol–water partition coefficient (Wildman–Crippen LogP) is 3.37. The van der Waals surface area contributed by atoms with Gasteiger partial charge in [-0.15, -0.1) is 0 Å². The van der Waals surface area contributed by atoms with Crippen molar-refractivity contribution in [2.24, 2.45) is 29.6 Å². The molecule has 0 nitrogen and oxygen atoms in total. The SMILES string of the molecule is C1=CC2CC(C2)[C]1C1C=CC2CC1C2. The summed E-state index contributed by atoms with van der Waals surface area (Å²) in [5.41, 5.74) is 0. The average Bonchev–Trinajstić information content (AvgIpc) is 2.15. The lowest BCUT2D eigenvalue weighted by atomic mass is 9.53. The molecule has 6 rings (SSSR count). The molecule has 6 aliphatic carbocycles. The average molecular weight is 185 g/mol. The monoisotopic (exact) mass is 185 g/mol. The summed E-state index contributed by atoms with van der Waals surface area (Å²) in [7, 11) is 0. The van der Waals surface area contributed by atoms with Crippen molar-refractivity contribution in [2.75, 3.05) is 0 Å². The Morgan fingerprint density at radius 3 is 2.21 bits per heavy atom. The van der Waals surface area contributed by atoms with Crippen LogP contribution in [0.4, 0.5) is 0 Å². The third-order valence-electron chi connectivity index (χ3n) is 4.90. The van der Waals surface area contributed by atoms with E-state index in [4.69, 9.17) is 0 Å². The van der Waals surface area contributed by atoms with Gasteiger partial charge in [-0.1, -0.05) is 24.3 Å². The molecule has 0 N–H and O–H groups in total. The fourth-order valence-corrected chi connectivity index (χ4v) is 3.83. The van der Waals surface area contributed by atoms with E-state index in [0.717, 1.165) is 29.6 Å². The molecule has 1 unspecified atom stereocenters. The molecule has 14 heavy (non-hydrogen) atoms. The second-order valence-electron chi connectivity index (χ2n) is 5.69. The molecule has 73 valence electrons. The number of hydrogen-bond acceptors (Lipinski definition) is 0. The van der Waals surface area contributed by atoms with E-state index < -0.39 is 0 Å². The van der Waals surface area contributed by atoms with Gasteiger partial charge in [0, 0.05) is 5.92 Å². The first-order chi connectivity index (χ1) is 6.90. The van der Waals surface area contributed by atoms with Crippen LogP contribution in [0.1, 0.15) is 25.7 Å². The van der Waals surface area contributed by atoms with Crippen molar-refractivity contribution in [3.63, 3.8) is 0 Å². The highest BCUT2D eigenvalue weighted by atomic mass is 14.5. The van der Waals surface area contributed by atoms with Gasteiger partial charge in [-0.25, -0.2) is 0 Å². The Morgan fingerprint density at radius 2 is 1.64 bits per heavy atom. The Kier molecular flexibility index (Phi) is 1.40. The second kappa shape index (κ2) is 2.53. The van der Waals surface area contributed by atoms with Gasteiger partial charge in [0.1, 0.15) is 0 Å². The van der Waals surface area contributed by atoms with Crippen molar-refractivity contribution in [3.05, 3.63) is 30.2 Å². The van der Waals surface area contributed by atoms with Gasteiger partial charge in [-0.3, -0.25) is 0 Å². The Hall–Kier alpha value is -0.520. The first-order valence-corrected chi connectivity index (χ1v) is 6.13. The lowest BCUT2D eigenvalue weighted by Gasteiger charge is -2.51. The smallest absolute Gasteiger partial charge is 0.00751 e. The van der Waals surface area contributed by atoms with Crippen molar-refractivity contribution in [3.8, 4) is 0 Å². The van der Waals surface area contributed by atoms with Crippen molar-refractivity contribution in [1.82, 2.24) is 0 Å². The third kappa shape index (κ3) is 0.898. The summed E-state index contributed by atoms with van der Waals surface area (Å²) in [5.74, 6) is 6.51. The topological polar surface area (TPSA) is 0 Å². The summed E-state index contributed by atoms with van der Waals surface area (Å²) in [4.78, 5) is 0. The fraction of sp³-hybridized carbons (Fsp3) is 0.643. The molecule has 0 aliphatic heterocycles. The van der Waals surface area contributed by atoms with Gasteiger partial charge in [-0.05, 0) is 55.3 Å². The predicted molar refractivity (Wildman–Crippen MR) is 57.4 cm³/mol. The van der Waals surface area contributed by atoms with Gasteiger partial charge in [0.05, 0.1) is 0 Å². The minimum atomic E-state index is 0.836. The molecule has 4 bridgehead atoms. The third-order valence-corrected chi connectivity index (χ3v) is 4.90. The summed E-state index contributed by atoms with van der Waals surface area (Å²) >= 11 is 0. The molecular formula is C14H17. The molecule has 0 aromatic rings. The van der Waals surface area contributed by atoms with Crippen LogP contribution in [-0.2, 0) is 0 Å². The lowest BCUT2D eigenvalue weighted by Crippen LogP contribution is -2.41. The van der Waals surface area contributed by atoms with Crippen LogP contribution >= 0.6 is 0 Å². The maximum absolute atomic E-state index is 2.51. The zero-order valence-electron chi connectivity index (χ0n) is 8.52. The maximum Gasteiger partial charge on any atom is 0.00751 e. The molecular weight excluding hydrogens is 168 g/mol. The number of fused-ring (bicyclic) bond motifs is 3. The minimum Gasteiger partial charge on any atom is -0.0851 e. The van der Waals surface area contributed by atoms with Gasteiger partial charge in [-0.2, -0.15) is 0 Å². The van der Waals surface area contributed by atoms with E-state index in [2.05, 4.69) is 24.3 Å². The van der Waals surface area contributed by atoms with E-state index in [1.807, 2.05) is 0 Å². The zero-order chi connectivity index (χ0) is 9.12. The largest absolute Gasteiger partial charge is 0.0851 e. The summed E-state index contributed by atoms with van der Waals surface area (Å²) in [6, 6.07) is 0. The highest BCUT2D eigenvalue weighted by Crippen LogP contribution is 2.55. The Bertz CT molecular complexity index is 268. The molecule has 0 amide bonds. The quantitative estimate of drug-likeness (QED) is 0.549. The molecule has 0 spiro atoms. The van der Waals surface area contributed by atoms with Crippen LogP contribution in [0, 0.1) is 35.5 Å². The van der Waals surface area contributed by atoms with Crippen LogP contribution in [0.5, 0.6) is 0 Å². The molecule has 2 fully saturated rings. The van der Waals surface area contributed by atoms with Gasteiger partial charge in [0.15, 0.2) is 0 Å². The molecule has 1 radical (unpaired) electrons. The Balaban J connectivity index is 1.62. The van der Waals surface area contributed by atoms with Gasteiger partial charge in [0.25, 0.3) is 0 Å². The van der Waals surface area contributed by atoms with Gasteiger partial charge >= 0.3 is 0 Å². The van der Waals surface area contributed by atoms with Crippen molar-refractivity contribution in [1.29, 1.82) is 0 Å². The number of allylic oxidation sites excluding steroid dienone is 4. The van der Waals surface area contributed by atoms with E-state index >= 15 is 0 Å². The molecule has 0 saturated heterocycles. The van der Waals surface area contributed by atoms with Crippen LogP contribution in [0.25, 0.3) is 0 Å². The first-order valence-electron chi connectivity index (χ1n) is 6.13. The molecule has 0 aromatic heterocycles. The highest BCUT2D eigenvalue weighted by Gasteiger charge is 2.46. The molecule has 0 heteroatoms. The van der Waals surface area contributed by atoms with Crippen LogP contribution in [-0.4, -0.2) is 0 Å². The summed E-state index contributed by atoms with van der Waals surface area (Å²) in [6.45, 7) is 0. The van der Waals surface area contributed by atoms with Crippen molar-refractivity contribution < 1.29 is 0 Å². The van der Waals surface area contributed by atoms with E-state index in [-0.39, 0.29) is 0 Å². The first kappa shape index (κ1) is 7.73. The molecule has 2 saturated carbocycles. The number of rotatable bonds is 1. The van der Waals surface area contributed by atoms with Crippen LogP contribution in [0.2, 0.25) is 0 Å². The van der Waals surface area contributed by atoms with Crippen molar-refractivity contribution in [2.45, 2.75) is 25.7 Å². The zero-order valence-corrected chi connectivity index (χ0v) is 8.52. The Labute approximate surface area is 86.1 Å². The van der Waals surface area contributed by atoms with Crippen LogP contribution in [0.15, 0.2) is 24.3 Å². The molecule has 0 aromatic carbocycles. The van der Waals surface area contributed by atoms with Gasteiger partial charge < -0.3 is 0 Å². The van der Waals surface area contributed by atoms with Crippen LogP contribution < -0.4 is 0 Å². The van der Waals surface area contributed by atoms with Gasteiger partial charge in [0.2, 0.25) is 0 Å². The molecule has 1 atom stereocenters. The fourth-order valence-electron chi connectivity index (χ4n) is 3.83. The number of hydrogen-bond donors (Lipinski definition) is 0. The standard InChI is InChI=1S/C14H17/c1-3-13(11-5-9(1)6-11)14-4-2-10-7-12(14)8-10/h1-4,9-13H,5-8H2. The van der Waals surface area contributed by atoms with Crippen LogP contribution in [0.3, 0.4) is 0 Å². The summed E-state index contributed by atoms with van der Waals surface area (Å²) in [6.07, 6.45) is 15.8. The summed E-state index contributed by atoms with van der Waals surface area (Å²) in [5, 5.41) is 0. The summed E-state index contributed by atoms with van der Waals surface area (Å²) < 4.78 is 0. The highest BCUT2D eigenvalue weighted by molar-refractivity contribution is 5.32. The minimum absolute atomic E-state index is 0.836. The van der Waals surface area contributed by atoms with E-state index in [0.29, 0.717) is 0 Å². The normalized spacial score (nSPS) is 53.9. The van der Waals surface area contributed by atoms with E-state index in [9.17, 15) is 0 Å². The van der Waals surface area contributed by atoms with E-state index in [1.54, 1.807) is 5.92 Å². The molecule has 0 heterocycles. The van der Waals surface area contributed by atoms with Crippen molar-refractivity contribution >= 4 is 0 Å². The second-order valence-corrected chi connectivity index (χ2v) is 5.69. The van der Waals surface area contributed by atoms with E-state index in [1.165, 1.54) is 25.7 Å². The lowest BCUT2D eigenvalue weighted by molar-refractivity contribution is 0.134. The maximum atomic E-state index is 2.51. The molecule has 6 aliphatic rings. The Morgan fingerprint density at radius 1 is 0.857 bits per heavy atom.